The van der Waals surface area contributed by atoms with Crippen LogP contribution in [0.5, 0.6) is 0 Å². The molecule has 0 saturated carbocycles. The molecule has 20 heavy (non-hydrogen) atoms. The number of nitrogens with zero attached hydrogens (tertiary/aromatic N) is 2. The molecule has 5 nitrogen and oxygen atoms in total. The molecule has 2 rings (SSSR count). The van der Waals surface area contributed by atoms with Crippen molar-refractivity contribution in [2.24, 2.45) is 5.73 Å². The number of carbonyl (C=O) groups excluding carboxylic acids is 2. The van der Waals surface area contributed by atoms with Crippen molar-refractivity contribution < 1.29 is 9.59 Å². The van der Waals surface area contributed by atoms with Crippen LogP contribution < -0.4 is 5.73 Å². The molecular weight excluding hydrogens is 274 g/mol. The van der Waals surface area contributed by atoms with E-state index in [2.05, 4.69) is 11.8 Å². The summed E-state index contributed by atoms with van der Waals surface area (Å²) in [7, 11) is 0. The lowest BCUT2D eigenvalue weighted by atomic mass is 10.2. The standard InChI is InChI=1S/C14H17N3O2S/c1-2-16-7-8-17(14(19)13(16)18)10-12-11(4-3-6-15)5-9-20-12/h5,9H,2,6-8,10,15H2,1H3. The molecule has 1 aromatic rings. The van der Waals surface area contributed by atoms with E-state index in [-0.39, 0.29) is 0 Å². The summed E-state index contributed by atoms with van der Waals surface area (Å²) in [4.78, 5) is 28.0. The third kappa shape index (κ3) is 3.00. The number of thiophene rings is 1. The lowest BCUT2D eigenvalue weighted by Crippen LogP contribution is -2.53. The maximum Gasteiger partial charge on any atom is 0.312 e. The summed E-state index contributed by atoms with van der Waals surface area (Å²) in [5, 5.41) is 1.93. The number of likely N-dealkylation sites (N-methyl/N-ethyl adjacent to an activating group) is 1. The molecule has 1 aromatic heterocycles. The van der Waals surface area contributed by atoms with Gasteiger partial charge in [0.1, 0.15) is 0 Å². The highest BCUT2D eigenvalue weighted by Gasteiger charge is 2.31. The minimum atomic E-state index is -0.427. The third-order valence-electron chi connectivity index (χ3n) is 3.18. The summed E-state index contributed by atoms with van der Waals surface area (Å²) in [5.74, 6) is 4.96. The summed E-state index contributed by atoms with van der Waals surface area (Å²) < 4.78 is 0. The molecule has 1 aliphatic heterocycles. The third-order valence-corrected chi connectivity index (χ3v) is 4.09. The molecular formula is C14H17N3O2S. The second kappa shape index (κ2) is 6.55. The van der Waals surface area contributed by atoms with E-state index in [9.17, 15) is 9.59 Å². The molecule has 0 radical (unpaired) electrons. The summed E-state index contributed by atoms with van der Waals surface area (Å²) >= 11 is 1.54. The number of rotatable bonds is 3. The van der Waals surface area contributed by atoms with Crippen molar-refractivity contribution in [2.45, 2.75) is 13.5 Å². The van der Waals surface area contributed by atoms with Gasteiger partial charge in [0.05, 0.1) is 13.1 Å². The van der Waals surface area contributed by atoms with Gasteiger partial charge in [-0.05, 0) is 18.4 Å². The number of nitrogens with two attached hydrogens (primary N) is 1. The smallest absolute Gasteiger partial charge is 0.312 e. The predicted octanol–water partition coefficient (Wildman–Crippen LogP) is 0.249. The Kier molecular flexibility index (Phi) is 4.77. The molecule has 0 atom stereocenters. The van der Waals surface area contributed by atoms with E-state index < -0.39 is 11.8 Å². The first-order valence-corrected chi connectivity index (χ1v) is 7.38. The topological polar surface area (TPSA) is 66.6 Å². The molecule has 6 heteroatoms. The molecule has 2 N–H and O–H groups in total. The largest absolute Gasteiger partial charge is 0.333 e. The van der Waals surface area contributed by atoms with Crippen molar-refractivity contribution >= 4 is 23.2 Å². The number of amides is 2. The molecule has 1 saturated heterocycles. The minimum absolute atomic E-state index is 0.307. The molecule has 0 aliphatic carbocycles. The van der Waals surface area contributed by atoms with Gasteiger partial charge in [0.15, 0.2) is 0 Å². The second-order valence-corrected chi connectivity index (χ2v) is 5.38. The number of carbonyl (C=O) groups is 2. The maximum atomic E-state index is 12.0. The Bertz CT molecular complexity index is 570. The normalized spacial score (nSPS) is 15.3. The summed E-state index contributed by atoms with van der Waals surface area (Å²) in [6.07, 6.45) is 0. The quantitative estimate of drug-likeness (QED) is 0.641. The monoisotopic (exact) mass is 291 g/mol. The first kappa shape index (κ1) is 14.6. The molecule has 0 bridgehead atoms. The zero-order chi connectivity index (χ0) is 14.5. The second-order valence-electron chi connectivity index (χ2n) is 4.37. The first-order valence-electron chi connectivity index (χ1n) is 6.50. The van der Waals surface area contributed by atoms with Gasteiger partial charge in [0.2, 0.25) is 0 Å². The summed E-state index contributed by atoms with van der Waals surface area (Å²) in [6, 6.07) is 1.91. The fourth-order valence-electron chi connectivity index (χ4n) is 2.06. The van der Waals surface area contributed by atoms with Gasteiger partial charge in [-0.2, -0.15) is 0 Å². The Hall–Kier alpha value is -1.84. The van der Waals surface area contributed by atoms with Crippen LogP contribution in [-0.2, 0) is 16.1 Å². The molecule has 106 valence electrons. The van der Waals surface area contributed by atoms with Crippen LogP contribution in [0, 0.1) is 11.8 Å². The van der Waals surface area contributed by atoms with Crippen molar-refractivity contribution in [2.75, 3.05) is 26.2 Å². The van der Waals surface area contributed by atoms with Gasteiger partial charge >= 0.3 is 11.8 Å². The molecule has 1 fully saturated rings. The van der Waals surface area contributed by atoms with Gasteiger partial charge in [-0.3, -0.25) is 9.59 Å². The fraction of sp³-hybridized carbons (Fsp3) is 0.429. The van der Waals surface area contributed by atoms with Crippen LogP contribution in [0.3, 0.4) is 0 Å². The van der Waals surface area contributed by atoms with Crippen molar-refractivity contribution in [3.05, 3.63) is 21.9 Å². The van der Waals surface area contributed by atoms with Crippen molar-refractivity contribution in [1.82, 2.24) is 9.80 Å². The lowest BCUT2D eigenvalue weighted by molar-refractivity contribution is -0.156. The van der Waals surface area contributed by atoms with E-state index in [0.29, 0.717) is 32.7 Å². The van der Waals surface area contributed by atoms with Gasteiger partial charge in [0, 0.05) is 30.1 Å². The van der Waals surface area contributed by atoms with E-state index in [1.807, 2.05) is 18.4 Å². The van der Waals surface area contributed by atoms with Crippen LogP contribution in [0.4, 0.5) is 0 Å². The van der Waals surface area contributed by atoms with E-state index in [0.717, 1.165) is 10.4 Å². The van der Waals surface area contributed by atoms with Gasteiger partial charge < -0.3 is 15.5 Å². The number of hydrogen-bond donors (Lipinski definition) is 1. The van der Waals surface area contributed by atoms with E-state index in [1.54, 1.807) is 21.1 Å². The molecule has 0 spiro atoms. The summed E-state index contributed by atoms with van der Waals surface area (Å²) in [5.41, 5.74) is 6.25. The minimum Gasteiger partial charge on any atom is -0.333 e. The van der Waals surface area contributed by atoms with E-state index >= 15 is 0 Å². The molecule has 1 aliphatic rings. The number of hydrogen-bond acceptors (Lipinski definition) is 4. The Morgan fingerprint density at radius 1 is 1.30 bits per heavy atom. The van der Waals surface area contributed by atoms with E-state index in [1.165, 1.54) is 0 Å². The molecule has 2 heterocycles. The van der Waals surface area contributed by atoms with Gasteiger partial charge in [-0.15, -0.1) is 11.3 Å². The van der Waals surface area contributed by atoms with Gasteiger partial charge in [-0.25, -0.2) is 0 Å². The SMILES string of the molecule is CCN1CCN(Cc2sccc2C#CCN)C(=O)C1=O. The van der Waals surface area contributed by atoms with Crippen LogP contribution in [-0.4, -0.2) is 47.8 Å². The first-order chi connectivity index (χ1) is 9.67. The van der Waals surface area contributed by atoms with Crippen LogP contribution in [0.25, 0.3) is 0 Å². The van der Waals surface area contributed by atoms with Crippen LogP contribution in [0.15, 0.2) is 11.4 Å². The molecule has 0 aromatic carbocycles. The highest BCUT2D eigenvalue weighted by Crippen LogP contribution is 2.19. The van der Waals surface area contributed by atoms with Crippen molar-refractivity contribution in [3.63, 3.8) is 0 Å². The van der Waals surface area contributed by atoms with Gasteiger partial charge in [0.25, 0.3) is 0 Å². The fourth-order valence-corrected chi connectivity index (χ4v) is 2.91. The molecule has 0 unspecified atom stereocenters. The highest BCUT2D eigenvalue weighted by molar-refractivity contribution is 7.10. The molecule has 2 amide bonds. The Labute approximate surface area is 122 Å². The van der Waals surface area contributed by atoms with Crippen LogP contribution in [0.2, 0.25) is 0 Å². The van der Waals surface area contributed by atoms with Crippen LogP contribution in [0.1, 0.15) is 17.4 Å². The Morgan fingerprint density at radius 3 is 2.70 bits per heavy atom. The number of piperazine rings is 1. The van der Waals surface area contributed by atoms with Crippen molar-refractivity contribution in [3.8, 4) is 11.8 Å². The Balaban J connectivity index is 2.09. The highest BCUT2D eigenvalue weighted by atomic mass is 32.1. The van der Waals surface area contributed by atoms with Gasteiger partial charge in [-0.1, -0.05) is 11.8 Å². The van der Waals surface area contributed by atoms with Crippen molar-refractivity contribution in [1.29, 1.82) is 0 Å². The predicted molar refractivity (Wildman–Crippen MR) is 77.9 cm³/mol. The average Bonchev–Trinajstić information content (AvgIpc) is 2.89. The average molecular weight is 291 g/mol. The van der Waals surface area contributed by atoms with E-state index in [4.69, 9.17) is 5.73 Å². The Morgan fingerprint density at radius 2 is 2.00 bits per heavy atom. The zero-order valence-corrected chi connectivity index (χ0v) is 12.2. The lowest BCUT2D eigenvalue weighted by Gasteiger charge is -2.32. The van der Waals surface area contributed by atoms with Crippen LogP contribution >= 0.6 is 11.3 Å². The zero-order valence-electron chi connectivity index (χ0n) is 11.4. The maximum absolute atomic E-state index is 12.0. The summed E-state index contributed by atoms with van der Waals surface area (Å²) in [6.45, 7) is 4.36.